The smallest absolute Gasteiger partial charge is 0.223 e. The van der Waals surface area contributed by atoms with Crippen LogP contribution in [0, 0.1) is 0 Å². The highest BCUT2D eigenvalue weighted by Crippen LogP contribution is 2.21. The van der Waals surface area contributed by atoms with Crippen molar-refractivity contribution < 1.29 is 14.6 Å². The first-order chi connectivity index (χ1) is 9.82. The van der Waals surface area contributed by atoms with Crippen LogP contribution in [0.15, 0.2) is 0 Å². The van der Waals surface area contributed by atoms with E-state index in [2.05, 4.69) is 0 Å². The van der Waals surface area contributed by atoms with Crippen molar-refractivity contribution in [1.82, 2.24) is 9.80 Å². The van der Waals surface area contributed by atoms with Crippen molar-refractivity contribution in [3.8, 4) is 0 Å². The topological polar surface area (TPSA) is 79.0 Å². The number of aliphatic hydroxyl groups is 1. The number of likely N-dealkylation sites (N-methyl/N-ethyl adjacent to an activating group) is 1. The molecule has 1 rings (SSSR count). The van der Waals surface area contributed by atoms with Crippen LogP contribution >= 0.6 is 12.2 Å². The SMILES string of the molecule is CN(CCC(=O)N(C)CCC(N)=S)CC1(O)CCOCC1. The quantitative estimate of drug-likeness (QED) is 0.613. The standard InChI is InChI=1S/C14H27N3O3S/c1-16(11-14(19)5-9-20-10-6-14)7-4-13(18)17(2)8-3-12(15)21/h19H,3-11H2,1-2H3,(H2,15,21). The molecule has 0 spiro atoms. The molecule has 0 radical (unpaired) electrons. The Morgan fingerprint density at radius 3 is 2.48 bits per heavy atom. The van der Waals surface area contributed by atoms with Gasteiger partial charge in [0.1, 0.15) is 0 Å². The number of carbonyl (C=O) groups excluding carboxylic acids is 1. The first-order valence-electron chi connectivity index (χ1n) is 7.33. The zero-order valence-corrected chi connectivity index (χ0v) is 13.8. The lowest BCUT2D eigenvalue weighted by Gasteiger charge is -2.35. The predicted octanol–water partition coefficient (Wildman–Crippen LogP) is -0.0156. The molecule has 21 heavy (non-hydrogen) atoms. The van der Waals surface area contributed by atoms with Gasteiger partial charge in [-0.3, -0.25) is 4.79 Å². The Morgan fingerprint density at radius 1 is 1.29 bits per heavy atom. The van der Waals surface area contributed by atoms with Gasteiger partial charge >= 0.3 is 0 Å². The van der Waals surface area contributed by atoms with Crippen LogP contribution < -0.4 is 5.73 Å². The average molecular weight is 317 g/mol. The van der Waals surface area contributed by atoms with Crippen LogP contribution in [0.5, 0.6) is 0 Å². The molecule has 0 aromatic rings. The molecule has 0 aromatic carbocycles. The maximum absolute atomic E-state index is 12.0. The van der Waals surface area contributed by atoms with Crippen LogP contribution in [-0.2, 0) is 9.53 Å². The molecular weight excluding hydrogens is 290 g/mol. The second kappa shape index (κ2) is 8.63. The van der Waals surface area contributed by atoms with Gasteiger partial charge in [0.15, 0.2) is 0 Å². The van der Waals surface area contributed by atoms with Gasteiger partial charge in [-0.15, -0.1) is 0 Å². The summed E-state index contributed by atoms with van der Waals surface area (Å²) < 4.78 is 5.26. The Labute approximate surface area is 132 Å². The molecule has 0 bridgehead atoms. The third kappa shape index (κ3) is 7.17. The minimum absolute atomic E-state index is 0.0667. The molecule has 1 amide bonds. The maximum atomic E-state index is 12.0. The molecule has 0 aromatic heterocycles. The van der Waals surface area contributed by atoms with Crippen molar-refractivity contribution >= 4 is 23.1 Å². The number of nitrogens with two attached hydrogens (primary N) is 1. The highest BCUT2D eigenvalue weighted by molar-refractivity contribution is 7.80. The number of hydrogen-bond acceptors (Lipinski definition) is 5. The van der Waals surface area contributed by atoms with Crippen LogP contribution in [-0.4, -0.2) is 78.3 Å². The molecule has 0 unspecified atom stereocenters. The third-order valence-corrected chi connectivity index (χ3v) is 4.02. The molecule has 1 heterocycles. The van der Waals surface area contributed by atoms with Gasteiger partial charge in [0, 0.05) is 65.6 Å². The monoisotopic (exact) mass is 317 g/mol. The summed E-state index contributed by atoms with van der Waals surface area (Å²) in [6.07, 6.45) is 2.28. The normalized spacial score (nSPS) is 17.7. The van der Waals surface area contributed by atoms with E-state index in [1.807, 2.05) is 11.9 Å². The van der Waals surface area contributed by atoms with Crippen molar-refractivity contribution in [3.05, 3.63) is 0 Å². The third-order valence-electron chi connectivity index (χ3n) is 3.81. The fourth-order valence-corrected chi connectivity index (χ4v) is 2.46. The highest BCUT2D eigenvalue weighted by atomic mass is 32.1. The van der Waals surface area contributed by atoms with E-state index >= 15 is 0 Å². The van der Waals surface area contributed by atoms with Gasteiger partial charge in [0.25, 0.3) is 0 Å². The van der Waals surface area contributed by atoms with Crippen LogP contribution in [0.3, 0.4) is 0 Å². The van der Waals surface area contributed by atoms with Crippen LogP contribution in [0.1, 0.15) is 25.7 Å². The van der Waals surface area contributed by atoms with Crippen LogP contribution in [0.4, 0.5) is 0 Å². The lowest BCUT2D eigenvalue weighted by atomic mass is 9.94. The van der Waals surface area contributed by atoms with E-state index in [4.69, 9.17) is 22.7 Å². The summed E-state index contributed by atoms with van der Waals surface area (Å²) in [5.74, 6) is 0.0667. The highest BCUT2D eigenvalue weighted by Gasteiger charge is 2.31. The van der Waals surface area contributed by atoms with Crippen molar-refractivity contribution in [2.24, 2.45) is 5.73 Å². The summed E-state index contributed by atoms with van der Waals surface area (Å²) in [5.41, 5.74) is 4.74. The zero-order chi connectivity index (χ0) is 15.9. The minimum atomic E-state index is -0.687. The van der Waals surface area contributed by atoms with Gasteiger partial charge in [0.05, 0.1) is 10.6 Å². The Bertz CT molecular complexity index is 359. The second-order valence-electron chi connectivity index (χ2n) is 5.86. The van der Waals surface area contributed by atoms with Gasteiger partial charge in [-0.1, -0.05) is 12.2 Å². The zero-order valence-electron chi connectivity index (χ0n) is 13.0. The summed E-state index contributed by atoms with van der Waals surface area (Å²) in [6, 6.07) is 0. The molecule has 122 valence electrons. The number of carbonyl (C=O) groups is 1. The van der Waals surface area contributed by atoms with E-state index in [0.29, 0.717) is 63.5 Å². The molecule has 1 fully saturated rings. The molecule has 6 nitrogen and oxygen atoms in total. The number of amides is 1. The largest absolute Gasteiger partial charge is 0.393 e. The molecule has 0 saturated carbocycles. The maximum Gasteiger partial charge on any atom is 0.223 e. The summed E-state index contributed by atoms with van der Waals surface area (Å²) in [6.45, 7) is 2.95. The number of rotatable bonds is 8. The van der Waals surface area contributed by atoms with Gasteiger partial charge in [-0.25, -0.2) is 0 Å². The van der Waals surface area contributed by atoms with E-state index in [9.17, 15) is 9.90 Å². The summed E-state index contributed by atoms with van der Waals surface area (Å²) in [5, 5.41) is 10.4. The van der Waals surface area contributed by atoms with E-state index < -0.39 is 5.60 Å². The molecule has 1 saturated heterocycles. The Hall–Kier alpha value is -0.760. The summed E-state index contributed by atoms with van der Waals surface area (Å²) in [4.78, 5) is 16.0. The fourth-order valence-electron chi connectivity index (χ4n) is 2.37. The van der Waals surface area contributed by atoms with E-state index in [0.717, 1.165) is 0 Å². The van der Waals surface area contributed by atoms with Crippen LogP contribution in [0.2, 0.25) is 0 Å². The van der Waals surface area contributed by atoms with Gasteiger partial charge < -0.3 is 25.4 Å². The predicted molar refractivity (Wildman–Crippen MR) is 86.2 cm³/mol. The van der Waals surface area contributed by atoms with Gasteiger partial charge in [-0.05, 0) is 7.05 Å². The Kier molecular flexibility index (Phi) is 7.51. The lowest BCUT2D eigenvalue weighted by molar-refractivity contribution is -0.130. The molecule has 0 aliphatic carbocycles. The van der Waals surface area contributed by atoms with Crippen molar-refractivity contribution in [3.63, 3.8) is 0 Å². The number of ether oxygens (including phenoxy) is 1. The molecule has 1 aliphatic rings. The van der Waals surface area contributed by atoms with E-state index in [1.165, 1.54) is 0 Å². The number of nitrogens with zero attached hydrogens (tertiary/aromatic N) is 2. The van der Waals surface area contributed by atoms with Crippen molar-refractivity contribution in [2.45, 2.75) is 31.3 Å². The van der Waals surface area contributed by atoms with Gasteiger partial charge in [-0.2, -0.15) is 0 Å². The number of thiocarbonyl (C=S) groups is 1. The van der Waals surface area contributed by atoms with Crippen molar-refractivity contribution in [1.29, 1.82) is 0 Å². The lowest BCUT2D eigenvalue weighted by Crippen LogP contribution is -2.46. The molecular formula is C14H27N3O3S. The van der Waals surface area contributed by atoms with Crippen molar-refractivity contribution in [2.75, 3.05) is 46.9 Å². The summed E-state index contributed by atoms with van der Waals surface area (Å²) in [7, 11) is 3.68. The van der Waals surface area contributed by atoms with E-state index in [1.54, 1.807) is 11.9 Å². The fraction of sp³-hybridized carbons (Fsp3) is 0.857. The Morgan fingerprint density at radius 2 is 1.90 bits per heavy atom. The average Bonchev–Trinajstić information content (AvgIpc) is 2.42. The summed E-state index contributed by atoms with van der Waals surface area (Å²) >= 11 is 4.80. The number of hydrogen-bond donors (Lipinski definition) is 2. The molecule has 1 aliphatic heterocycles. The first kappa shape index (κ1) is 18.3. The second-order valence-corrected chi connectivity index (χ2v) is 6.38. The Balaban J connectivity index is 2.26. The van der Waals surface area contributed by atoms with E-state index in [-0.39, 0.29) is 5.91 Å². The van der Waals surface area contributed by atoms with Gasteiger partial charge in [0.2, 0.25) is 5.91 Å². The molecule has 0 atom stereocenters. The molecule has 3 N–H and O–H groups in total. The first-order valence-corrected chi connectivity index (χ1v) is 7.74. The minimum Gasteiger partial charge on any atom is -0.393 e. The molecule has 7 heteroatoms. The van der Waals surface area contributed by atoms with Crippen LogP contribution in [0.25, 0.3) is 0 Å².